The largest absolute Gasteiger partial charge is 0.466 e. The van der Waals surface area contributed by atoms with E-state index in [2.05, 4.69) is 4.99 Å². The lowest BCUT2D eigenvalue weighted by Crippen LogP contribution is -2.34. The Hall–Kier alpha value is -1.73. The molecule has 8 nitrogen and oxygen atoms in total. The molecule has 0 heterocycles. The van der Waals surface area contributed by atoms with Gasteiger partial charge in [-0.05, 0) is 51.8 Å². The Morgan fingerprint density at radius 2 is 1.65 bits per heavy atom. The predicted octanol–water partition coefficient (Wildman–Crippen LogP) is 5.02. The van der Waals surface area contributed by atoms with Crippen LogP contribution in [0.3, 0.4) is 0 Å². The molecule has 0 fully saturated rings. The second kappa shape index (κ2) is 13.6. The van der Waals surface area contributed by atoms with Crippen molar-refractivity contribution in [3.63, 3.8) is 0 Å². The van der Waals surface area contributed by atoms with Crippen molar-refractivity contribution >= 4 is 37.3 Å². The fourth-order valence-corrected chi connectivity index (χ4v) is 5.22. The summed E-state index contributed by atoms with van der Waals surface area (Å²) in [5.74, 6) is -1.14. The zero-order chi connectivity index (χ0) is 23.3. The normalized spacial score (nSPS) is 13.7. The molecule has 31 heavy (non-hydrogen) atoms. The number of esters is 2. The number of carbonyl (C=O) groups is 2. The maximum atomic E-state index is 13.9. The van der Waals surface area contributed by atoms with Crippen molar-refractivity contribution < 1.29 is 32.7 Å². The lowest BCUT2D eigenvalue weighted by atomic mass is 10.1. The monoisotopic (exact) mass is 475 g/mol. The van der Waals surface area contributed by atoms with Crippen LogP contribution in [0.5, 0.6) is 0 Å². The number of hydrogen-bond acceptors (Lipinski definition) is 8. The molecule has 0 spiro atoms. The molecule has 1 unspecified atom stereocenters. The van der Waals surface area contributed by atoms with Crippen molar-refractivity contribution in [2.75, 3.05) is 26.4 Å². The average Bonchev–Trinajstić information content (AvgIpc) is 2.71. The summed E-state index contributed by atoms with van der Waals surface area (Å²) in [6.45, 7) is 7.13. The molecule has 0 saturated heterocycles. The van der Waals surface area contributed by atoms with Gasteiger partial charge in [-0.25, -0.2) is 0 Å². The van der Waals surface area contributed by atoms with Gasteiger partial charge in [-0.15, -0.1) is 0 Å². The minimum Gasteiger partial charge on any atom is -0.466 e. The molecule has 0 aliphatic carbocycles. The highest BCUT2D eigenvalue weighted by molar-refractivity contribution is 7.55. The summed E-state index contributed by atoms with van der Waals surface area (Å²) in [5.41, 5.74) is 0.622. The summed E-state index contributed by atoms with van der Waals surface area (Å²) in [4.78, 5) is 29.1. The highest BCUT2D eigenvalue weighted by Gasteiger charge is 2.52. The number of halogens is 1. The van der Waals surface area contributed by atoms with E-state index >= 15 is 0 Å². The summed E-state index contributed by atoms with van der Waals surface area (Å²) in [6, 6.07) is 6.86. The third kappa shape index (κ3) is 8.37. The van der Waals surface area contributed by atoms with Crippen LogP contribution in [-0.4, -0.2) is 49.9 Å². The van der Waals surface area contributed by atoms with Gasteiger partial charge in [0.2, 0.25) is 0 Å². The van der Waals surface area contributed by atoms with Crippen LogP contribution >= 0.6 is 19.2 Å². The summed E-state index contributed by atoms with van der Waals surface area (Å²) in [5, 5.41) is -1.19. The van der Waals surface area contributed by atoms with E-state index in [1.165, 1.54) is 6.21 Å². The van der Waals surface area contributed by atoms with Crippen LogP contribution in [0, 0.1) is 0 Å². The standard InChI is InChI=1S/C21H31ClNO7P/c1-5-27-19(24)12-13-21(15-20(25)28-6-2,31(26,29-7-3)30-8-4)23-16-17-10-9-11-18(22)14-17/h9-11,14,16H,5-8,12-13,15H2,1-4H3/b23-16+. The first-order chi connectivity index (χ1) is 14.8. The van der Waals surface area contributed by atoms with Crippen LogP contribution in [0.1, 0.15) is 52.5 Å². The number of nitrogens with zero attached hydrogens (tertiary/aromatic N) is 1. The van der Waals surface area contributed by atoms with Gasteiger partial charge < -0.3 is 18.5 Å². The molecule has 0 bridgehead atoms. The van der Waals surface area contributed by atoms with Gasteiger partial charge in [0, 0.05) is 17.7 Å². The molecule has 0 saturated carbocycles. The van der Waals surface area contributed by atoms with E-state index < -0.39 is 31.2 Å². The third-order valence-corrected chi connectivity index (χ3v) is 7.13. The molecule has 0 aliphatic rings. The molecule has 10 heteroatoms. The van der Waals surface area contributed by atoms with E-state index in [9.17, 15) is 14.2 Å². The molecule has 1 aromatic rings. The molecule has 0 N–H and O–H groups in total. The molecule has 174 valence electrons. The molecule has 1 atom stereocenters. The van der Waals surface area contributed by atoms with Crippen LogP contribution in [0.4, 0.5) is 0 Å². The maximum absolute atomic E-state index is 13.9. The van der Waals surface area contributed by atoms with Crippen molar-refractivity contribution in [1.29, 1.82) is 0 Å². The van der Waals surface area contributed by atoms with Crippen molar-refractivity contribution in [3.8, 4) is 0 Å². The van der Waals surface area contributed by atoms with Gasteiger partial charge in [0.05, 0.1) is 32.8 Å². The summed E-state index contributed by atoms with van der Waals surface area (Å²) in [6.07, 6.45) is 0.818. The second-order valence-electron chi connectivity index (χ2n) is 6.42. The van der Waals surface area contributed by atoms with E-state index in [0.29, 0.717) is 10.6 Å². The molecule has 0 aromatic heterocycles. The van der Waals surface area contributed by atoms with Gasteiger partial charge in [0.25, 0.3) is 0 Å². The fraction of sp³-hybridized carbons (Fsp3) is 0.571. The zero-order valence-electron chi connectivity index (χ0n) is 18.5. The average molecular weight is 476 g/mol. The van der Waals surface area contributed by atoms with Gasteiger partial charge in [0.15, 0.2) is 5.28 Å². The minimum absolute atomic E-state index is 0.0634. The van der Waals surface area contributed by atoms with Crippen molar-refractivity contribution in [1.82, 2.24) is 0 Å². The van der Waals surface area contributed by atoms with Crippen molar-refractivity contribution in [2.45, 2.75) is 52.2 Å². The van der Waals surface area contributed by atoms with Crippen LogP contribution in [-0.2, 0) is 32.7 Å². The van der Waals surface area contributed by atoms with E-state index in [-0.39, 0.29) is 39.3 Å². The highest BCUT2D eigenvalue weighted by Crippen LogP contribution is 2.64. The fourth-order valence-electron chi connectivity index (χ4n) is 2.88. The maximum Gasteiger partial charge on any atom is 0.358 e. The highest BCUT2D eigenvalue weighted by atomic mass is 35.5. The van der Waals surface area contributed by atoms with Crippen LogP contribution in [0.25, 0.3) is 0 Å². The first-order valence-electron chi connectivity index (χ1n) is 10.3. The third-order valence-electron chi connectivity index (χ3n) is 4.18. The summed E-state index contributed by atoms with van der Waals surface area (Å²) in [7, 11) is -4.00. The van der Waals surface area contributed by atoms with E-state index in [0.717, 1.165) is 0 Å². The topological polar surface area (TPSA) is 100 Å². The second-order valence-corrected chi connectivity index (χ2v) is 9.20. The zero-order valence-corrected chi connectivity index (χ0v) is 20.1. The van der Waals surface area contributed by atoms with Crippen LogP contribution in [0.2, 0.25) is 5.02 Å². The molecular formula is C21H31ClNO7P. The van der Waals surface area contributed by atoms with E-state index in [4.69, 9.17) is 30.1 Å². The Morgan fingerprint density at radius 3 is 2.19 bits per heavy atom. The Kier molecular flexibility index (Phi) is 12.0. The Morgan fingerprint density at radius 1 is 1.03 bits per heavy atom. The molecule has 0 amide bonds. The lowest BCUT2D eigenvalue weighted by Gasteiger charge is -2.35. The van der Waals surface area contributed by atoms with Gasteiger partial charge in [-0.3, -0.25) is 19.1 Å². The molecule has 0 aliphatic heterocycles. The van der Waals surface area contributed by atoms with Gasteiger partial charge in [-0.2, -0.15) is 0 Å². The SMILES string of the molecule is CCOC(=O)CCC(CC(=O)OCC)(/N=C/c1cccc(Cl)c1)P(=O)(OCC)OCC. The van der Waals surface area contributed by atoms with Crippen molar-refractivity contribution in [3.05, 3.63) is 34.9 Å². The van der Waals surface area contributed by atoms with Crippen LogP contribution in [0.15, 0.2) is 29.3 Å². The smallest absolute Gasteiger partial charge is 0.358 e. The first kappa shape index (κ1) is 27.3. The Labute approximate surface area is 188 Å². The number of ether oxygens (including phenoxy) is 2. The number of hydrogen-bond donors (Lipinski definition) is 0. The van der Waals surface area contributed by atoms with Gasteiger partial charge in [0.1, 0.15) is 0 Å². The molecule has 0 radical (unpaired) electrons. The van der Waals surface area contributed by atoms with Gasteiger partial charge >= 0.3 is 19.5 Å². The first-order valence-corrected chi connectivity index (χ1v) is 12.2. The van der Waals surface area contributed by atoms with E-state index in [1.54, 1.807) is 52.0 Å². The van der Waals surface area contributed by atoms with Gasteiger partial charge in [-0.1, -0.05) is 23.7 Å². The molecular weight excluding hydrogens is 445 g/mol. The van der Waals surface area contributed by atoms with Crippen LogP contribution < -0.4 is 0 Å². The van der Waals surface area contributed by atoms with E-state index in [1.807, 2.05) is 0 Å². The summed E-state index contributed by atoms with van der Waals surface area (Å²) < 4.78 is 35.1. The quantitative estimate of drug-likeness (QED) is 0.211. The number of aliphatic imine (C=N–C) groups is 1. The molecule has 1 rings (SSSR count). The molecule has 1 aromatic carbocycles. The lowest BCUT2D eigenvalue weighted by molar-refractivity contribution is -0.146. The number of benzene rings is 1. The number of rotatable bonds is 14. The Bertz CT molecular complexity index is 792. The summed E-state index contributed by atoms with van der Waals surface area (Å²) >= 11 is 6.05. The Balaban J connectivity index is 3.53. The number of carbonyl (C=O) groups excluding carboxylic acids is 2. The minimum atomic E-state index is -4.00. The van der Waals surface area contributed by atoms with Crippen molar-refractivity contribution in [2.24, 2.45) is 4.99 Å². The predicted molar refractivity (Wildman–Crippen MR) is 120 cm³/mol.